The molecule has 16 heavy (non-hydrogen) atoms. The molecule has 0 radical (unpaired) electrons. The topological polar surface area (TPSA) is 12.9 Å². The second-order valence-electron chi connectivity index (χ2n) is 3.39. The molecule has 1 nitrogen and oxygen atoms in total. The molecule has 1 aromatic carbocycles. The monoisotopic (exact) mass is 219 g/mol. The molecule has 0 atom stereocenters. The number of pyridine rings is 1. The first-order valence-corrected chi connectivity index (χ1v) is 5.85. The van der Waals surface area contributed by atoms with Gasteiger partial charge in [0, 0.05) is 11.1 Å². The number of fused-ring (bicyclic) bond motifs is 1. The van der Waals surface area contributed by atoms with E-state index in [2.05, 4.69) is 11.9 Å². The van der Waals surface area contributed by atoms with E-state index in [0.717, 1.165) is 29.4 Å². The summed E-state index contributed by atoms with van der Waals surface area (Å²) in [5, 5.41) is 0.866. The molecule has 2 rings (SSSR count). The molecule has 2 heteroatoms. The zero-order chi connectivity index (χ0) is 12.0. The predicted octanol–water partition coefficient (Wildman–Crippen LogP) is 4.35. The molecule has 1 heterocycles. The van der Waals surface area contributed by atoms with Crippen molar-refractivity contribution in [2.75, 3.05) is 0 Å². The highest BCUT2D eigenvalue weighted by Gasteiger charge is 1.98. The summed E-state index contributed by atoms with van der Waals surface area (Å²) in [5.41, 5.74) is 1.95. The Hall–Kier alpha value is -1.44. The highest BCUT2D eigenvalue weighted by molar-refractivity contribution is 5.78. The molecular weight excluding hydrogens is 201 g/mol. The van der Waals surface area contributed by atoms with Crippen LogP contribution in [0.25, 0.3) is 10.9 Å². The van der Waals surface area contributed by atoms with E-state index in [1.54, 1.807) is 6.07 Å². The van der Waals surface area contributed by atoms with Crippen LogP contribution in [0, 0.1) is 5.82 Å². The van der Waals surface area contributed by atoms with Crippen molar-refractivity contribution in [3.05, 3.63) is 41.8 Å². The van der Waals surface area contributed by atoms with Gasteiger partial charge in [0.1, 0.15) is 5.82 Å². The first kappa shape index (κ1) is 12.6. The van der Waals surface area contributed by atoms with Gasteiger partial charge in [0.05, 0.1) is 5.52 Å². The van der Waals surface area contributed by atoms with Crippen molar-refractivity contribution in [2.24, 2.45) is 0 Å². The van der Waals surface area contributed by atoms with Crippen LogP contribution in [0.2, 0.25) is 0 Å². The van der Waals surface area contributed by atoms with E-state index < -0.39 is 0 Å². The molecule has 86 valence electrons. The van der Waals surface area contributed by atoms with Crippen LogP contribution in [0.5, 0.6) is 0 Å². The summed E-state index contributed by atoms with van der Waals surface area (Å²) < 4.78 is 12.9. The van der Waals surface area contributed by atoms with Gasteiger partial charge in [-0.3, -0.25) is 4.98 Å². The van der Waals surface area contributed by atoms with Crippen LogP contribution in [0.3, 0.4) is 0 Å². The van der Waals surface area contributed by atoms with E-state index in [9.17, 15) is 4.39 Å². The standard InChI is InChI=1S/C12H12FN.C2H6/c1-2-3-11-6-4-9-8-10(13)5-7-12(9)14-11;1-2/h4-8H,2-3H2,1H3;1-2H3. The van der Waals surface area contributed by atoms with Crippen molar-refractivity contribution < 1.29 is 4.39 Å². The lowest BCUT2D eigenvalue weighted by Crippen LogP contribution is -1.89. The van der Waals surface area contributed by atoms with Crippen molar-refractivity contribution in [1.82, 2.24) is 4.98 Å². The lowest BCUT2D eigenvalue weighted by atomic mass is 10.1. The van der Waals surface area contributed by atoms with Gasteiger partial charge in [-0.1, -0.05) is 33.3 Å². The Morgan fingerprint density at radius 1 is 1.12 bits per heavy atom. The fraction of sp³-hybridized carbons (Fsp3) is 0.357. The normalized spacial score (nSPS) is 9.75. The Kier molecular flexibility index (Phi) is 4.90. The Labute approximate surface area is 96.3 Å². The second kappa shape index (κ2) is 6.21. The summed E-state index contributed by atoms with van der Waals surface area (Å²) in [4.78, 5) is 4.44. The van der Waals surface area contributed by atoms with E-state index in [4.69, 9.17) is 0 Å². The molecule has 0 spiro atoms. The Bertz CT molecular complexity index is 451. The van der Waals surface area contributed by atoms with Crippen LogP contribution in [0.15, 0.2) is 30.3 Å². The van der Waals surface area contributed by atoms with Crippen LogP contribution in [-0.2, 0) is 6.42 Å². The van der Waals surface area contributed by atoms with Gasteiger partial charge in [0.15, 0.2) is 0 Å². The number of aryl methyl sites for hydroxylation is 1. The highest BCUT2D eigenvalue weighted by Crippen LogP contribution is 2.14. The molecule has 0 aliphatic rings. The fourth-order valence-electron chi connectivity index (χ4n) is 1.53. The molecular formula is C14H18FN. The minimum Gasteiger partial charge on any atom is -0.253 e. The highest BCUT2D eigenvalue weighted by atomic mass is 19.1. The summed E-state index contributed by atoms with van der Waals surface area (Å²) >= 11 is 0. The molecule has 2 aromatic rings. The van der Waals surface area contributed by atoms with Gasteiger partial charge in [-0.25, -0.2) is 4.39 Å². The van der Waals surface area contributed by atoms with Crippen LogP contribution >= 0.6 is 0 Å². The zero-order valence-electron chi connectivity index (χ0n) is 10.1. The molecule has 0 N–H and O–H groups in total. The van der Waals surface area contributed by atoms with Crippen LogP contribution in [-0.4, -0.2) is 4.98 Å². The average molecular weight is 219 g/mol. The summed E-state index contributed by atoms with van der Waals surface area (Å²) in [6.07, 6.45) is 2.06. The summed E-state index contributed by atoms with van der Waals surface area (Å²) in [6, 6.07) is 8.58. The third kappa shape index (κ3) is 3.02. The van der Waals surface area contributed by atoms with Gasteiger partial charge in [-0.2, -0.15) is 0 Å². The lowest BCUT2D eigenvalue weighted by molar-refractivity contribution is 0.629. The summed E-state index contributed by atoms with van der Waals surface area (Å²) in [6.45, 7) is 6.12. The van der Waals surface area contributed by atoms with Gasteiger partial charge in [0.2, 0.25) is 0 Å². The van der Waals surface area contributed by atoms with E-state index in [-0.39, 0.29) is 5.82 Å². The van der Waals surface area contributed by atoms with Crippen LogP contribution in [0.1, 0.15) is 32.9 Å². The number of benzene rings is 1. The molecule has 0 unspecified atom stereocenters. The number of aromatic nitrogens is 1. The van der Waals surface area contributed by atoms with Crippen molar-refractivity contribution in [1.29, 1.82) is 0 Å². The number of hydrogen-bond donors (Lipinski definition) is 0. The number of rotatable bonds is 2. The molecule has 1 aromatic heterocycles. The number of nitrogens with zero attached hydrogens (tertiary/aromatic N) is 1. The summed E-state index contributed by atoms with van der Waals surface area (Å²) in [7, 11) is 0. The zero-order valence-corrected chi connectivity index (χ0v) is 10.1. The van der Waals surface area contributed by atoms with Gasteiger partial charge in [0.25, 0.3) is 0 Å². The molecule has 0 aliphatic heterocycles. The number of hydrogen-bond acceptors (Lipinski definition) is 1. The predicted molar refractivity (Wildman–Crippen MR) is 67.0 cm³/mol. The first-order valence-electron chi connectivity index (χ1n) is 5.85. The second-order valence-corrected chi connectivity index (χ2v) is 3.39. The quantitative estimate of drug-likeness (QED) is 0.731. The first-order chi connectivity index (χ1) is 7.79. The van der Waals surface area contributed by atoms with Crippen molar-refractivity contribution in [3.8, 4) is 0 Å². The van der Waals surface area contributed by atoms with Gasteiger partial charge in [-0.15, -0.1) is 0 Å². The molecule has 0 aliphatic carbocycles. The molecule has 0 saturated carbocycles. The van der Waals surface area contributed by atoms with Crippen molar-refractivity contribution >= 4 is 10.9 Å². The molecule has 0 bridgehead atoms. The van der Waals surface area contributed by atoms with E-state index in [1.165, 1.54) is 12.1 Å². The van der Waals surface area contributed by atoms with Gasteiger partial charge >= 0.3 is 0 Å². The Morgan fingerprint density at radius 2 is 1.88 bits per heavy atom. The van der Waals surface area contributed by atoms with Crippen LogP contribution in [0.4, 0.5) is 4.39 Å². The Morgan fingerprint density at radius 3 is 2.56 bits per heavy atom. The van der Waals surface area contributed by atoms with Gasteiger partial charge in [-0.05, 0) is 30.7 Å². The van der Waals surface area contributed by atoms with Crippen molar-refractivity contribution in [2.45, 2.75) is 33.6 Å². The third-order valence-electron chi connectivity index (χ3n) is 2.22. The van der Waals surface area contributed by atoms with E-state index in [1.807, 2.05) is 26.0 Å². The minimum absolute atomic E-state index is 0.206. The van der Waals surface area contributed by atoms with Crippen molar-refractivity contribution in [3.63, 3.8) is 0 Å². The smallest absolute Gasteiger partial charge is 0.123 e. The third-order valence-corrected chi connectivity index (χ3v) is 2.22. The van der Waals surface area contributed by atoms with Gasteiger partial charge < -0.3 is 0 Å². The molecule has 0 fully saturated rings. The molecule has 0 amide bonds. The largest absolute Gasteiger partial charge is 0.253 e. The maximum atomic E-state index is 12.9. The SMILES string of the molecule is CC.CCCc1ccc2cc(F)ccc2n1. The Balaban J connectivity index is 0.000000606. The maximum absolute atomic E-state index is 12.9. The van der Waals surface area contributed by atoms with E-state index in [0.29, 0.717) is 0 Å². The fourth-order valence-corrected chi connectivity index (χ4v) is 1.53. The average Bonchev–Trinajstić information content (AvgIpc) is 2.32. The lowest BCUT2D eigenvalue weighted by Gasteiger charge is -2.01. The van der Waals surface area contributed by atoms with E-state index >= 15 is 0 Å². The molecule has 0 saturated heterocycles. The maximum Gasteiger partial charge on any atom is 0.123 e. The van der Waals surface area contributed by atoms with Crippen LogP contribution < -0.4 is 0 Å². The minimum atomic E-state index is -0.206. The number of halogens is 1. The summed E-state index contributed by atoms with van der Waals surface area (Å²) in [5.74, 6) is -0.206.